The summed E-state index contributed by atoms with van der Waals surface area (Å²) in [4.78, 5) is 15.6. The summed E-state index contributed by atoms with van der Waals surface area (Å²) in [6.07, 6.45) is -3.07. The zero-order chi connectivity index (χ0) is 17.3. The van der Waals surface area contributed by atoms with Crippen molar-refractivity contribution < 1.29 is 22.7 Å². The molecule has 124 valence electrons. The number of pyridine rings is 1. The number of methoxy groups -OCH3 is 1. The van der Waals surface area contributed by atoms with Crippen LogP contribution in [0.5, 0.6) is 5.75 Å². The molecule has 0 radical (unpaired) electrons. The van der Waals surface area contributed by atoms with Crippen molar-refractivity contribution >= 4 is 22.5 Å². The Bertz CT molecular complexity index is 905. The second kappa shape index (κ2) is 5.84. The van der Waals surface area contributed by atoms with Crippen LogP contribution in [0.15, 0.2) is 36.5 Å². The van der Waals surface area contributed by atoms with Crippen molar-refractivity contribution in [3.8, 4) is 5.75 Å². The van der Waals surface area contributed by atoms with Crippen LogP contribution in [0, 0.1) is 0 Å². The van der Waals surface area contributed by atoms with Crippen LogP contribution in [0.4, 0.5) is 18.9 Å². The first-order valence-corrected chi connectivity index (χ1v) is 6.75. The Kier molecular flexibility index (Phi) is 3.84. The molecule has 6 nitrogen and oxygen atoms in total. The summed E-state index contributed by atoms with van der Waals surface area (Å²) in [5.74, 6) is -0.436. The number of benzene rings is 1. The number of rotatable bonds is 3. The third-order valence-corrected chi connectivity index (χ3v) is 3.28. The average Bonchev–Trinajstić information content (AvgIpc) is 3.00. The summed E-state index contributed by atoms with van der Waals surface area (Å²) >= 11 is 0. The van der Waals surface area contributed by atoms with Crippen LogP contribution >= 0.6 is 0 Å². The van der Waals surface area contributed by atoms with Gasteiger partial charge in [0.05, 0.1) is 24.5 Å². The molecule has 0 atom stereocenters. The number of carbonyl (C=O) groups is 1. The average molecular weight is 336 g/mol. The van der Waals surface area contributed by atoms with E-state index in [4.69, 9.17) is 4.74 Å². The van der Waals surface area contributed by atoms with Gasteiger partial charge in [0.1, 0.15) is 17.1 Å². The van der Waals surface area contributed by atoms with Gasteiger partial charge in [-0.2, -0.15) is 18.3 Å². The number of hydrogen-bond acceptors (Lipinski definition) is 4. The van der Waals surface area contributed by atoms with Gasteiger partial charge in [-0.3, -0.25) is 9.89 Å². The predicted octanol–water partition coefficient (Wildman–Crippen LogP) is 3.24. The largest absolute Gasteiger partial charge is 0.494 e. The number of H-pyrrole nitrogens is 1. The van der Waals surface area contributed by atoms with E-state index < -0.39 is 17.8 Å². The van der Waals surface area contributed by atoms with Crippen LogP contribution in [0.1, 0.15) is 16.2 Å². The number of anilines is 1. The Labute approximate surface area is 133 Å². The molecule has 3 aromatic rings. The van der Waals surface area contributed by atoms with Crippen LogP contribution in [-0.4, -0.2) is 28.2 Å². The molecule has 9 heteroatoms. The minimum absolute atomic E-state index is 0.301. The summed E-state index contributed by atoms with van der Waals surface area (Å²) in [6, 6.07) is 6.35. The molecule has 0 aliphatic carbocycles. The number of ether oxygens (including phenoxy) is 1. The Balaban J connectivity index is 1.92. The molecule has 0 aliphatic rings. The number of nitrogens with one attached hydrogen (secondary N) is 2. The fourth-order valence-corrected chi connectivity index (χ4v) is 2.14. The highest BCUT2D eigenvalue weighted by Gasteiger charge is 2.33. The molecule has 0 saturated heterocycles. The van der Waals surface area contributed by atoms with Crippen molar-refractivity contribution in [2.75, 3.05) is 12.4 Å². The number of hydrogen-bond donors (Lipinski definition) is 2. The molecule has 3 rings (SSSR count). The van der Waals surface area contributed by atoms with E-state index in [9.17, 15) is 18.0 Å². The van der Waals surface area contributed by atoms with Gasteiger partial charge in [0.15, 0.2) is 0 Å². The minimum atomic E-state index is -4.62. The maximum Gasteiger partial charge on any atom is 0.433 e. The second-order valence-corrected chi connectivity index (χ2v) is 4.87. The summed E-state index contributed by atoms with van der Waals surface area (Å²) in [7, 11) is 1.41. The molecule has 24 heavy (non-hydrogen) atoms. The van der Waals surface area contributed by atoms with Gasteiger partial charge in [-0.15, -0.1) is 0 Å². The minimum Gasteiger partial charge on any atom is -0.494 e. The van der Waals surface area contributed by atoms with Crippen molar-refractivity contribution in [3.63, 3.8) is 0 Å². The summed E-state index contributed by atoms with van der Waals surface area (Å²) in [5.41, 5.74) is -0.482. The number of alkyl halides is 3. The molecule has 0 spiro atoms. The Hall–Kier alpha value is -3.10. The lowest BCUT2D eigenvalue weighted by atomic mass is 10.2. The molecule has 0 saturated carbocycles. The third kappa shape index (κ3) is 3.00. The molecule has 1 amide bonds. The lowest BCUT2D eigenvalue weighted by molar-refractivity contribution is -0.141. The van der Waals surface area contributed by atoms with Crippen molar-refractivity contribution in [1.82, 2.24) is 15.2 Å². The van der Waals surface area contributed by atoms with E-state index in [1.807, 2.05) is 0 Å². The number of amides is 1. The molecule has 0 unspecified atom stereocenters. The van der Waals surface area contributed by atoms with E-state index in [0.29, 0.717) is 22.3 Å². The predicted molar refractivity (Wildman–Crippen MR) is 79.8 cm³/mol. The Morgan fingerprint density at radius 3 is 2.79 bits per heavy atom. The van der Waals surface area contributed by atoms with Crippen LogP contribution in [0.2, 0.25) is 0 Å². The second-order valence-electron chi connectivity index (χ2n) is 4.87. The molecular formula is C15H11F3N4O2. The normalized spacial score (nSPS) is 11.5. The van der Waals surface area contributed by atoms with E-state index in [2.05, 4.69) is 20.5 Å². The third-order valence-electron chi connectivity index (χ3n) is 3.28. The fourth-order valence-electron chi connectivity index (χ4n) is 2.14. The van der Waals surface area contributed by atoms with E-state index >= 15 is 0 Å². The van der Waals surface area contributed by atoms with Gasteiger partial charge >= 0.3 is 6.18 Å². The van der Waals surface area contributed by atoms with Crippen molar-refractivity contribution in [2.24, 2.45) is 0 Å². The van der Waals surface area contributed by atoms with Crippen LogP contribution in [0.3, 0.4) is 0 Å². The number of aromatic amines is 1. The number of carbonyl (C=O) groups excluding carboxylic acids is 1. The lowest BCUT2D eigenvalue weighted by Gasteiger charge is -2.11. The van der Waals surface area contributed by atoms with Gasteiger partial charge in [-0.1, -0.05) is 6.07 Å². The molecule has 2 aromatic heterocycles. The highest BCUT2D eigenvalue weighted by atomic mass is 19.4. The smallest absolute Gasteiger partial charge is 0.433 e. The quantitative estimate of drug-likeness (QED) is 0.769. The van der Waals surface area contributed by atoms with Crippen molar-refractivity contribution in [1.29, 1.82) is 0 Å². The van der Waals surface area contributed by atoms with Gasteiger partial charge in [0, 0.05) is 11.5 Å². The summed E-state index contributed by atoms with van der Waals surface area (Å²) in [6.45, 7) is 0. The SMILES string of the molecule is COc1cc2[nH]ncc2cc1NC(=O)c1cccc(C(F)(F)F)n1. The Morgan fingerprint density at radius 2 is 2.08 bits per heavy atom. The fraction of sp³-hybridized carbons (Fsp3) is 0.133. The number of fused-ring (bicyclic) bond motifs is 1. The Morgan fingerprint density at radius 1 is 1.29 bits per heavy atom. The first-order chi connectivity index (χ1) is 11.4. The van der Waals surface area contributed by atoms with Gasteiger partial charge in [0.2, 0.25) is 0 Å². The van der Waals surface area contributed by atoms with Crippen molar-refractivity contribution in [2.45, 2.75) is 6.18 Å². The van der Waals surface area contributed by atoms with Gasteiger partial charge in [0.25, 0.3) is 5.91 Å². The molecule has 1 aromatic carbocycles. The monoisotopic (exact) mass is 336 g/mol. The maximum absolute atomic E-state index is 12.7. The standard InChI is InChI=1S/C15H11F3N4O2/c1-24-12-6-10-8(7-19-22-10)5-11(12)21-14(23)9-3-2-4-13(20-9)15(16,17)18/h2-7H,1H3,(H,19,22)(H,21,23). The molecule has 2 heterocycles. The first-order valence-electron chi connectivity index (χ1n) is 6.75. The zero-order valence-corrected chi connectivity index (χ0v) is 12.3. The molecule has 0 bridgehead atoms. The first kappa shape index (κ1) is 15.8. The van der Waals surface area contributed by atoms with Crippen LogP contribution in [0.25, 0.3) is 10.9 Å². The highest BCUT2D eigenvalue weighted by Crippen LogP contribution is 2.30. The number of halogens is 3. The molecule has 0 aliphatic heterocycles. The topological polar surface area (TPSA) is 79.9 Å². The van der Waals surface area contributed by atoms with E-state index in [-0.39, 0.29) is 5.69 Å². The van der Waals surface area contributed by atoms with Gasteiger partial charge in [-0.25, -0.2) is 4.98 Å². The van der Waals surface area contributed by atoms with Gasteiger partial charge in [-0.05, 0) is 18.2 Å². The molecular weight excluding hydrogens is 325 g/mol. The van der Waals surface area contributed by atoms with E-state index in [0.717, 1.165) is 12.1 Å². The van der Waals surface area contributed by atoms with E-state index in [1.54, 1.807) is 18.3 Å². The van der Waals surface area contributed by atoms with Crippen LogP contribution < -0.4 is 10.1 Å². The maximum atomic E-state index is 12.7. The van der Waals surface area contributed by atoms with Crippen molar-refractivity contribution in [3.05, 3.63) is 47.9 Å². The zero-order valence-electron chi connectivity index (χ0n) is 12.3. The number of aromatic nitrogens is 3. The van der Waals surface area contributed by atoms with Gasteiger partial charge < -0.3 is 10.1 Å². The van der Waals surface area contributed by atoms with E-state index in [1.165, 1.54) is 13.2 Å². The summed E-state index contributed by atoms with van der Waals surface area (Å²) < 4.78 is 43.2. The summed E-state index contributed by atoms with van der Waals surface area (Å²) in [5, 5.41) is 9.83. The molecule has 0 fully saturated rings. The highest BCUT2D eigenvalue weighted by molar-refractivity contribution is 6.05. The molecule has 2 N–H and O–H groups in total. The lowest BCUT2D eigenvalue weighted by Crippen LogP contribution is -2.17. The van der Waals surface area contributed by atoms with Crippen LogP contribution in [-0.2, 0) is 6.18 Å². The number of nitrogens with zero attached hydrogens (tertiary/aromatic N) is 2.